The molecule has 25 heavy (non-hydrogen) atoms. The van der Waals surface area contributed by atoms with Crippen LogP contribution in [-0.2, 0) is 14.4 Å². The fraction of sp³-hybridized carbons (Fsp3) is 0.471. The lowest BCUT2D eigenvalue weighted by Crippen LogP contribution is -2.46. The third-order valence-electron chi connectivity index (χ3n) is 3.20. The maximum absolute atomic E-state index is 12.8. The van der Waals surface area contributed by atoms with Crippen LogP contribution >= 0.6 is 11.8 Å². The predicted octanol–water partition coefficient (Wildman–Crippen LogP) is 2.04. The number of halogens is 1. The van der Waals surface area contributed by atoms with E-state index in [0.29, 0.717) is 12.2 Å². The zero-order valence-corrected chi connectivity index (χ0v) is 15.1. The highest BCUT2D eigenvalue weighted by molar-refractivity contribution is 7.99. The quantitative estimate of drug-likeness (QED) is 0.548. The lowest BCUT2D eigenvalue weighted by molar-refractivity contribution is -0.142. The second-order valence-corrected chi connectivity index (χ2v) is 7.09. The van der Waals surface area contributed by atoms with Gasteiger partial charge in [-0.15, -0.1) is 11.8 Å². The van der Waals surface area contributed by atoms with Gasteiger partial charge < -0.3 is 15.7 Å². The summed E-state index contributed by atoms with van der Waals surface area (Å²) in [4.78, 5) is 35.4. The predicted molar refractivity (Wildman–Crippen MR) is 93.8 cm³/mol. The Kier molecular flexibility index (Phi) is 8.98. The molecule has 0 fully saturated rings. The number of carboxylic acid groups (broad SMARTS) is 1. The minimum absolute atomic E-state index is 0.125. The first kappa shape index (κ1) is 21.0. The van der Waals surface area contributed by atoms with E-state index in [2.05, 4.69) is 10.6 Å². The Morgan fingerprint density at radius 3 is 2.36 bits per heavy atom. The molecule has 0 radical (unpaired) electrons. The van der Waals surface area contributed by atoms with Gasteiger partial charge in [-0.3, -0.25) is 9.59 Å². The zero-order chi connectivity index (χ0) is 18.8. The number of carbonyl (C=O) groups excluding carboxylic acids is 2. The molecule has 8 heteroatoms. The number of thioether (sulfide) groups is 1. The molecule has 2 amide bonds. The van der Waals surface area contributed by atoms with Crippen LogP contribution in [-0.4, -0.2) is 41.2 Å². The van der Waals surface area contributed by atoms with Crippen molar-refractivity contribution in [3.8, 4) is 0 Å². The molecule has 1 rings (SSSR count). The van der Waals surface area contributed by atoms with Crippen LogP contribution in [0.25, 0.3) is 0 Å². The van der Waals surface area contributed by atoms with Crippen LogP contribution in [0.1, 0.15) is 26.7 Å². The molecule has 0 saturated heterocycles. The van der Waals surface area contributed by atoms with Crippen molar-refractivity contribution in [1.29, 1.82) is 0 Å². The number of nitrogens with one attached hydrogen (secondary N) is 2. The van der Waals surface area contributed by atoms with Crippen molar-refractivity contribution in [3.63, 3.8) is 0 Å². The van der Waals surface area contributed by atoms with Crippen LogP contribution in [0.15, 0.2) is 29.2 Å². The number of amides is 2. The second-order valence-electron chi connectivity index (χ2n) is 5.92. The van der Waals surface area contributed by atoms with Gasteiger partial charge in [0.05, 0.1) is 6.54 Å². The molecular weight excluding hydrogens is 347 g/mol. The fourth-order valence-corrected chi connectivity index (χ4v) is 2.85. The van der Waals surface area contributed by atoms with Gasteiger partial charge in [0.2, 0.25) is 11.8 Å². The topological polar surface area (TPSA) is 95.5 Å². The molecule has 0 aliphatic heterocycles. The first-order valence-corrected chi connectivity index (χ1v) is 8.93. The van der Waals surface area contributed by atoms with Gasteiger partial charge in [0.15, 0.2) is 0 Å². The number of carbonyl (C=O) groups is 3. The number of hydrogen-bond donors (Lipinski definition) is 3. The molecule has 0 aromatic heterocycles. The summed E-state index contributed by atoms with van der Waals surface area (Å²) in [5.41, 5.74) is 0. The highest BCUT2D eigenvalue weighted by Crippen LogP contribution is 2.18. The summed E-state index contributed by atoms with van der Waals surface area (Å²) < 4.78 is 12.8. The standard InChI is InChI=1S/C17H23FN2O4S/c1-11(2)9-14(17(23)24)20-16(22)10-19-15(21)7-8-25-13-5-3-12(18)4-6-13/h3-6,11,14H,7-10H2,1-2H3,(H,19,21)(H,20,22)(H,23,24)/t14-/m0/s1. The van der Waals surface area contributed by atoms with Crippen molar-refractivity contribution in [3.05, 3.63) is 30.1 Å². The summed E-state index contributed by atoms with van der Waals surface area (Å²) in [6.07, 6.45) is 0.521. The minimum Gasteiger partial charge on any atom is -0.480 e. The van der Waals surface area contributed by atoms with Gasteiger partial charge in [0.1, 0.15) is 11.9 Å². The Hall–Kier alpha value is -2.09. The number of aliphatic carboxylic acids is 1. The lowest BCUT2D eigenvalue weighted by atomic mass is 10.0. The van der Waals surface area contributed by atoms with Crippen LogP contribution in [0, 0.1) is 11.7 Å². The van der Waals surface area contributed by atoms with E-state index in [9.17, 15) is 18.8 Å². The molecule has 0 spiro atoms. The maximum atomic E-state index is 12.8. The molecule has 0 saturated carbocycles. The largest absolute Gasteiger partial charge is 0.480 e. The summed E-state index contributed by atoms with van der Waals surface area (Å²) >= 11 is 1.41. The highest BCUT2D eigenvalue weighted by atomic mass is 32.2. The van der Waals surface area contributed by atoms with E-state index in [1.165, 1.54) is 23.9 Å². The average molecular weight is 370 g/mol. The molecule has 0 aliphatic rings. The van der Waals surface area contributed by atoms with E-state index in [0.717, 1.165) is 4.90 Å². The van der Waals surface area contributed by atoms with Crippen molar-refractivity contribution < 1.29 is 23.9 Å². The van der Waals surface area contributed by atoms with Crippen molar-refractivity contribution >= 4 is 29.5 Å². The molecule has 0 aliphatic carbocycles. The number of rotatable bonds is 10. The van der Waals surface area contributed by atoms with Crippen molar-refractivity contribution in [2.45, 2.75) is 37.6 Å². The van der Waals surface area contributed by atoms with Crippen LogP contribution in [0.4, 0.5) is 4.39 Å². The molecule has 6 nitrogen and oxygen atoms in total. The van der Waals surface area contributed by atoms with Gasteiger partial charge in [-0.1, -0.05) is 13.8 Å². The summed E-state index contributed by atoms with van der Waals surface area (Å²) in [7, 11) is 0. The Morgan fingerprint density at radius 2 is 1.80 bits per heavy atom. The monoisotopic (exact) mass is 370 g/mol. The van der Waals surface area contributed by atoms with E-state index in [1.807, 2.05) is 13.8 Å². The summed E-state index contributed by atoms with van der Waals surface area (Å²) in [5, 5.41) is 13.9. The molecular formula is C17H23FN2O4S. The van der Waals surface area contributed by atoms with Crippen molar-refractivity contribution in [1.82, 2.24) is 10.6 Å². The first-order chi connectivity index (χ1) is 11.8. The summed E-state index contributed by atoms with van der Waals surface area (Å²) in [6.45, 7) is 3.47. The Labute approximate surface area is 150 Å². The van der Waals surface area contributed by atoms with E-state index in [4.69, 9.17) is 5.11 Å². The molecule has 1 aromatic carbocycles. The van der Waals surface area contributed by atoms with Crippen LogP contribution < -0.4 is 10.6 Å². The van der Waals surface area contributed by atoms with Crippen molar-refractivity contribution in [2.75, 3.05) is 12.3 Å². The van der Waals surface area contributed by atoms with Gasteiger partial charge in [0, 0.05) is 17.1 Å². The smallest absolute Gasteiger partial charge is 0.326 e. The van der Waals surface area contributed by atoms with Crippen LogP contribution in [0.5, 0.6) is 0 Å². The van der Waals surface area contributed by atoms with Crippen LogP contribution in [0.3, 0.4) is 0 Å². The Morgan fingerprint density at radius 1 is 1.16 bits per heavy atom. The van der Waals surface area contributed by atoms with Crippen LogP contribution in [0.2, 0.25) is 0 Å². The third-order valence-corrected chi connectivity index (χ3v) is 4.21. The first-order valence-electron chi connectivity index (χ1n) is 7.95. The van der Waals surface area contributed by atoms with Gasteiger partial charge in [0.25, 0.3) is 0 Å². The highest BCUT2D eigenvalue weighted by Gasteiger charge is 2.21. The van der Waals surface area contributed by atoms with Gasteiger partial charge in [-0.25, -0.2) is 9.18 Å². The molecule has 0 bridgehead atoms. The van der Waals surface area contributed by atoms with Crippen molar-refractivity contribution in [2.24, 2.45) is 5.92 Å². The summed E-state index contributed by atoms with van der Waals surface area (Å²) in [6, 6.07) is 5.00. The Balaban J connectivity index is 2.26. The molecule has 0 heterocycles. The normalized spacial score (nSPS) is 11.8. The van der Waals surface area contributed by atoms with E-state index in [-0.39, 0.29) is 30.6 Å². The SMILES string of the molecule is CC(C)C[C@H](NC(=O)CNC(=O)CCSc1ccc(F)cc1)C(=O)O. The lowest BCUT2D eigenvalue weighted by Gasteiger charge is -2.16. The molecule has 0 unspecified atom stereocenters. The number of hydrogen-bond acceptors (Lipinski definition) is 4. The van der Waals surface area contributed by atoms with E-state index >= 15 is 0 Å². The van der Waals surface area contributed by atoms with Gasteiger partial charge >= 0.3 is 5.97 Å². The maximum Gasteiger partial charge on any atom is 0.326 e. The van der Waals surface area contributed by atoms with E-state index < -0.39 is 17.9 Å². The minimum atomic E-state index is -1.09. The third kappa shape index (κ3) is 9.09. The molecule has 1 aromatic rings. The molecule has 3 N–H and O–H groups in total. The molecule has 138 valence electrons. The average Bonchev–Trinajstić information content (AvgIpc) is 2.53. The van der Waals surface area contributed by atoms with E-state index in [1.54, 1.807) is 12.1 Å². The number of benzene rings is 1. The fourth-order valence-electron chi connectivity index (χ4n) is 2.00. The zero-order valence-electron chi connectivity index (χ0n) is 14.3. The molecule has 1 atom stereocenters. The Bertz CT molecular complexity index is 593. The summed E-state index contributed by atoms with van der Waals surface area (Å²) in [5.74, 6) is -1.63. The van der Waals surface area contributed by atoms with Gasteiger partial charge in [-0.2, -0.15) is 0 Å². The second kappa shape index (κ2) is 10.7. The number of carboxylic acids is 1. The van der Waals surface area contributed by atoms with Gasteiger partial charge in [-0.05, 0) is 36.6 Å².